The van der Waals surface area contributed by atoms with Gasteiger partial charge in [-0.25, -0.2) is 0 Å². The highest BCUT2D eigenvalue weighted by atomic mass is 16.3. The summed E-state index contributed by atoms with van der Waals surface area (Å²) in [5.41, 5.74) is 6.77. The molecular weight excluding hydrogens is 236 g/mol. The second-order valence-corrected chi connectivity index (χ2v) is 7.02. The zero-order valence-corrected chi connectivity index (χ0v) is 13.4. The van der Waals surface area contributed by atoms with Crippen molar-refractivity contribution in [2.45, 2.75) is 71.9 Å². The number of nitrogens with two attached hydrogens (primary N) is 1. The van der Waals surface area contributed by atoms with Crippen molar-refractivity contribution >= 4 is 0 Å². The van der Waals surface area contributed by atoms with Crippen molar-refractivity contribution in [3.8, 4) is 0 Å². The quantitative estimate of drug-likeness (QED) is 0.747. The molecule has 0 amide bonds. The molecule has 3 N–H and O–H groups in total. The van der Waals surface area contributed by atoms with E-state index in [1.807, 2.05) is 0 Å². The molecule has 1 aliphatic carbocycles. The third-order valence-electron chi connectivity index (χ3n) is 4.89. The van der Waals surface area contributed by atoms with Gasteiger partial charge in [-0.05, 0) is 43.4 Å². The molecule has 1 fully saturated rings. The van der Waals surface area contributed by atoms with Gasteiger partial charge in [-0.1, -0.05) is 27.7 Å². The molecule has 1 aliphatic rings. The van der Waals surface area contributed by atoms with Crippen LogP contribution in [0.5, 0.6) is 0 Å². The maximum Gasteiger partial charge on any atom is 0.0558 e. The first-order valence-corrected chi connectivity index (χ1v) is 8.04. The number of aliphatic hydroxyl groups excluding tert-OH is 1. The highest BCUT2D eigenvalue weighted by molar-refractivity contribution is 4.89. The molecule has 0 heterocycles. The van der Waals surface area contributed by atoms with Gasteiger partial charge >= 0.3 is 0 Å². The van der Waals surface area contributed by atoms with E-state index in [0.29, 0.717) is 23.4 Å². The molecule has 114 valence electrons. The molecule has 0 aromatic rings. The second-order valence-electron chi connectivity index (χ2n) is 7.02. The van der Waals surface area contributed by atoms with Gasteiger partial charge in [-0.2, -0.15) is 0 Å². The van der Waals surface area contributed by atoms with Crippen molar-refractivity contribution in [2.75, 3.05) is 19.7 Å². The van der Waals surface area contributed by atoms with Crippen molar-refractivity contribution in [1.82, 2.24) is 4.90 Å². The molecule has 0 saturated heterocycles. The van der Waals surface area contributed by atoms with Crippen LogP contribution in [-0.2, 0) is 0 Å². The lowest BCUT2D eigenvalue weighted by Crippen LogP contribution is -2.48. The standard InChI is InChI=1S/C16H34N2O/c1-5-14(6-2)18(9-10-19)12-13-11-16(3,4)8-7-15(13)17/h13-15,19H,5-12,17H2,1-4H3. The lowest BCUT2D eigenvalue weighted by molar-refractivity contribution is 0.0767. The van der Waals surface area contributed by atoms with E-state index in [2.05, 4.69) is 32.6 Å². The number of nitrogens with zero attached hydrogens (tertiary/aromatic N) is 1. The second kappa shape index (κ2) is 7.61. The van der Waals surface area contributed by atoms with Crippen LogP contribution in [0, 0.1) is 11.3 Å². The third kappa shape index (κ3) is 5.05. The molecule has 1 saturated carbocycles. The molecule has 0 bridgehead atoms. The summed E-state index contributed by atoms with van der Waals surface area (Å²) in [5.74, 6) is 0.580. The summed E-state index contributed by atoms with van der Waals surface area (Å²) >= 11 is 0. The normalized spacial score (nSPS) is 27.2. The SMILES string of the molecule is CCC(CC)N(CCO)CC1CC(C)(C)CCC1N. The van der Waals surface area contributed by atoms with Crippen LogP contribution < -0.4 is 5.73 Å². The fraction of sp³-hybridized carbons (Fsp3) is 1.00. The molecule has 0 spiro atoms. The van der Waals surface area contributed by atoms with Crippen LogP contribution in [0.3, 0.4) is 0 Å². The van der Waals surface area contributed by atoms with Crippen molar-refractivity contribution in [1.29, 1.82) is 0 Å². The predicted octanol–water partition coefficient (Wildman–Crippen LogP) is 2.62. The van der Waals surface area contributed by atoms with Crippen LogP contribution >= 0.6 is 0 Å². The first-order chi connectivity index (χ1) is 8.93. The summed E-state index contributed by atoms with van der Waals surface area (Å²) < 4.78 is 0. The fourth-order valence-electron chi connectivity index (χ4n) is 3.61. The zero-order chi connectivity index (χ0) is 14.5. The van der Waals surface area contributed by atoms with Gasteiger partial charge < -0.3 is 10.8 Å². The fourth-order valence-corrected chi connectivity index (χ4v) is 3.61. The Bertz CT molecular complexity index is 251. The van der Waals surface area contributed by atoms with E-state index in [1.54, 1.807) is 0 Å². The molecule has 3 nitrogen and oxygen atoms in total. The van der Waals surface area contributed by atoms with Gasteiger partial charge in [0, 0.05) is 25.2 Å². The predicted molar refractivity (Wildman–Crippen MR) is 82.1 cm³/mol. The first kappa shape index (κ1) is 16.9. The molecular formula is C16H34N2O. The minimum Gasteiger partial charge on any atom is -0.395 e. The Morgan fingerprint density at radius 3 is 2.47 bits per heavy atom. The lowest BCUT2D eigenvalue weighted by atomic mass is 9.70. The van der Waals surface area contributed by atoms with Crippen molar-refractivity contribution < 1.29 is 5.11 Å². The smallest absolute Gasteiger partial charge is 0.0558 e. The first-order valence-electron chi connectivity index (χ1n) is 8.04. The highest BCUT2D eigenvalue weighted by Gasteiger charge is 2.34. The van der Waals surface area contributed by atoms with E-state index >= 15 is 0 Å². The number of rotatable bonds is 7. The molecule has 2 unspecified atom stereocenters. The highest BCUT2D eigenvalue weighted by Crippen LogP contribution is 2.38. The van der Waals surface area contributed by atoms with Gasteiger partial charge in [0.25, 0.3) is 0 Å². The number of aliphatic hydroxyl groups is 1. The maximum absolute atomic E-state index is 9.30. The Kier molecular flexibility index (Phi) is 6.78. The Balaban J connectivity index is 2.65. The Labute approximate surface area is 119 Å². The van der Waals surface area contributed by atoms with Crippen LogP contribution in [-0.4, -0.2) is 41.8 Å². The van der Waals surface area contributed by atoms with Gasteiger partial charge in [0.2, 0.25) is 0 Å². The summed E-state index contributed by atoms with van der Waals surface area (Å²) in [5, 5.41) is 9.30. The molecule has 19 heavy (non-hydrogen) atoms. The number of hydrogen-bond donors (Lipinski definition) is 2. The third-order valence-corrected chi connectivity index (χ3v) is 4.89. The largest absolute Gasteiger partial charge is 0.395 e. The topological polar surface area (TPSA) is 49.5 Å². The van der Waals surface area contributed by atoms with Crippen LogP contribution in [0.1, 0.15) is 59.8 Å². The molecule has 2 atom stereocenters. The minimum absolute atomic E-state index is 0.252. The van der Waals surface area contributed by atoms with Gasteiger partial charge in [0.1, 0.15) is 0 Å². The average Bonchev–Trinajstić information content (AvgIpc) is 2.35. The van der Waals surface area contributed by atoms with Crippen molar-refractivity contribution in [3.05, 3.63) is 0 Å². The van der Waals surface area contributed by atoms with E-state index in [9.17, 15) is 5.11 Å². The summed E-state index contributed by atoms with van der Waals surface area (Å²) in [6.07, 6.45) is 5.92. The Hall–Kier alpha value is -0.120. The summed E-state index contributed by atoms with van der Waals surface area (Å²) in [6, 6.07) is 0.924. The van der Waals surface area contributed by atoms with Gasteiger partial charge in [-0.15, -0.1) is 0 Å². The van der Waals surface area contributed by atoms with Crippen LogP contribution in [0.15, 0.2) is 0 Å². The van der Waals surface area contributed by atoms with E-state index in [1.165, 1.54) is 12.8 Å². The molecule has 0 aromatic heterocycles. The van der Waals surface area contributed by atoms with Crippen molar-refractivity contribution in [3.63, 3.8) is 0 Å². The minimum atomic E-state index is 0.252. The Morgan fingerprint density at radius 2 is 1.95 bits per heavy atom. The Morgan fingerprint density at radius 1 is 1.32 bits per heavy atom. The van der Waals surface area contributed by atoms with E-state index in [4.69, 9.17) is 5.73 Å². The van der Waals surface area contributed by atoms with Crippen LogP contribution in [0.2, 0.25) is 0 Å². The van der Waals surface area contributed by atoms with Crippen LogP contribution in [0.4, 0.5) is 0 Å². The molecule has 0 aromatic carbocycles. The summed E-state index contributed by atoms with van der Waals surface area (Å²) in [6.45, 7) is 11.3. The zero-order valence-electron chi connectivity index (χ0n) is 13.4. The van der Waals surface area contributed by atoms with Gasteiger partial charge in [-0.3, -0.25) is 4.90 Å². The summed E-state index contributed by atoms with van der Waals surface area (Å²) in [7, 11) is 0. The van der Waals surface area contributed by atoms with E-state index < -0.39 is 0 Å². The maximum atomic E-state index is 9.30. The molecule has 3 heteroatoms. The van der Waals surface area contributed by atoms with E-state index in [0.717, 1.165) is 32.4 Å². The summed E-state index contributed by atoms with van der Waals surface area (Å²) in [4.78, 5) is 2.46. The molecule has 0 radical (unpaired) electrons. The monoisotopic (exact) mass is 270 g/mol. The number of hydrogen-bond acceptors (Lipinski definition) is 3. The average molecular weight is 270 g/mol. The van der Waals surface area contributed by atoms with Crippen molar-refractivity contribution in [2.24, 2.45) is 17.1 Å². The van der Waals surface area contributed by atoms with Gasteiger partial charge in [0.15, 0.2) is 0 Å². The lowest BCUT2D eigenvalue weighted by Gasteiger charge is -2.42. The van der Waals surface area contributed by atoms with E-state index in [-0.39, 0.29) is 6.61 Å². The van der Waals surface area contributed by atoms with Crippen LogP contribution in [0.25, 0.3) is 0 Å². The molecule has 1 rings (SSSR count). The molecule has 0 aliphatic heterocycles. The van der Waals surface area contributed by atoms with Gasteiger partial charge in [0.05, 0.1) is 6.61 Å².